The highest BCUT2D eigenvalue weighted by atomic mass is 16.5. The highest BCUT2D eigenvalue weighted by Gasteiger charge is 2.23. The number of ether oxygens (including phenoxy) is 1. The van der Waals surface area contributed by atoms with Crippen LogP contribution in [-0.4, -0.2) is 18.1 Å². The molecule has 0 radical (unpaired) electrons. The van der Waals surface area contributed by atoms with E-state index in [0.717, 1.165) is 12.2 Å². The van der Waals surface area contributed by atoms with E-state index >= 15 is 0 Å². The van der Waals surface area contributed by atoms with Gasteiger partial charge in [-0.15, -0.1) is 0 Å². The number of pyridine rings is 1. The van der Waals surface area contributed by atoms with Crippen molar-refractivity contribution in [1.29, 1.82) is 0 Å². The van der Waals surface area contributed by atoms with Crippen LogP contribution < -0.4 is 10.5 Å². The van der Waals surface area contributed by atoms with Crippen molar-refractivity contribution in [3.8, 4) is 5.75 Å². The molecule has 2 N–H and O–H groups in total. The van der Waals surface area contributed by atoms with Gasteiger partial charge in [0.05, 0.1) is 13.3 Å². The summed E-state index contributed by atoms with van der Waals surface area (Å²) in [6.45, 7) is 0. The summed E-state index contributed by atoms with van der Waals surface area (Å²) in [6, 6.07) is 2.34. The Kier molecular flexibility index (Phi) is 3.21. The van der Waals surface area contributed by atoms with Crippen molar-refractivity contribution in [2.45, 2.75) is 37.6 Å². The van der Waals surface area contributed by atoms with Crippen LogP contribution in [0, 0.1) is 0 Å². The Balaban J connectivity index is 2.19. The van der Waals surface area contributed by atoms with Gasteiger partial charge in [-0.1, -0.05) is 12.8 Å². The van der Waals surface area contributed by atoms with Crippen LogP contribution in [0.2, 0.25) is 0 Å². The van der Waals surface area contributed by atoms with E-state index in [4.69, 9.17) is 10.5 Å². The first-order chi connectivity index (χ1) is 7.31. The van der Waals surface area contributed by atoms with Gasteiger partial charge in [-0.05, 0) is 24.5 Å². The molecule has 3 heteroatoms. The molecule has 0 bridgehead atoms. The first-order valence-electron chi connectivity index (χ1n) is 5.56. The normalized spacial score (nSPS) is 26.3. The Morgan fingerprint density at radius 3 is 2.87 bits per heavy atom. The van der Waals surface area contributed by atoms with Crippen LogP contribution in [-0.2, 0) is 0 Å². The molecular weight excluding hydrogens is 188 g/mol. The smallest absolute Gasteiger partial charge is 0.137 e. The minimum Gasteiger partial charge on any atom is -0.495 e. The van der Waals surface area contributed by atoms with Gasteiger partial charge < -0.3 is 10.5 Å². The van der Waals surface area contributed by atoms with Gasteiger partial charge in [0.25, 0.3) is 0 Å². The third-order valence-corrected chi connectivity index (χ3v) is 3.22. The molecule has 2 unspecified atom stereocenters. The van der Waals surface area contributed by atoms with Crippen LogP contribution in [0.1, 0.15) is 37.2 Å². The zero-order chi connectivity index (χ0) is 10.7. The molecule has 1 aliphatic rings. The van der Waals surface area contributed by atoms with Crippen LogP contribution in [0.5, 0.6) is 5.75 Å². The fourth-order valence-corrected chi connectivity index (χ4v) is 2.32. The van der Waals surface area contributed by atoms with Gasteiger partial charge in [0.2, 0.25) is 0 Å². The molecule has 15 heavy (non-hydrogen) atoms. The van der Waals surface area contributed by atoms with Crippen molar-refractivity contribution in [3.63, 3.8) is 0 Å². The number of hydrogen-bond donors (Lipinski definition) is 1. The molecule has 3 nitrogen and oxygen atoms in total. The standard InChI is InChI=1S/C12H18N2O/c1-15-10-6-9(7-14-8-10)11-4-2-3-5-12(11)13/h6-8,11-12H,2-5,13H2,1H3. The molecule has 0 spiro atoms. The number of nitrogens with two attached hydrogens (primary N) is 1. The molecule has 1 aromatic heterocycles. The topological polar surface area (TPSA) is 48.1 Å². The Labute approximate surface area is 90.7 Å². The second-order valence-electron chi connectivity index (χ2n) is 4.21. The van der Waals surface area contributed by atoms with Crippen molar-refractivity contribution in [3.05, 3.63) is 24.0 Å². The minimum atomic E-state index is 0.285. The number of nitrogens with zero attached hydrogens (tertiary/aromatic N) is 1. The lowest BCUT2D eigenvalue weighted by atomic mass is 9.81. The summed E-state index contributed by atoms with van der Waals surface area (Å²) in [5, 5.41) is 0. The Hall–Kier alpha value is -1.09. The molecule has 0 aromatic carbocycles. The van der Waals surface area contributed by atoms with Gasteiger partial charge >= 0.3 is 0 Å². The molecule has 1 heterocycles. The van der Waals surface area contributed by atoms with E-state index in [1.54, 1.807) is 13.3 Å². The Morgan fingerprint density at radius 1 is 1.33 bits per heavy atom. The predicted octanol–water partition coefficient (Wildman–Crippen LogP) is 2.08. The summed E-state index contributed by atoms with van der Waals surface area (Å²) in [4.78, 5) is 4.18. The number of methoxy groups -OCH3 is 1. The third-order valence-electron chi connectivity index (χ3n) is 3.22. The van der Waals surface area contributed by atoms with Gasteiger partial charge in [0, 0.05) is 18.2 Å². The first kappa shape index (κ1) is 10.4. The fourth-order valence-electron chi connectivity index (χ4n) is 2.32. The number of aromatic nitrogens is 1. The molecule has 2 atom stereocenters. The predicted molar refractivity (Wildman–Crippen MR) is 60.0 cm³/mol. The molecule has 0 aliphatic heterocycles. The van der Waals surface area contributed by atoms with Gasteiger partial charge in [0.1, 0.15) is 5.75 Å². The molecule has 1 saturated carbocycles. The molecule has 0 saturated heterocycles. The lowest BCUT2D eigenvalue weighted by Crippen LogP contribution is -2.31. The van der Waals surface area contributed by atoms with Crippen LogP contribution in [0.4, 0.5) is 0 Å². The largest absolute Gasteiger partial charge is 0.495 e. The Bertz CT molecular complexity index is 327. The van der Waals surface area contributed by atoms with E-state index in [2.05, 4.69) is 11.1 Å². The zero-order valence-electron chi connectivity index (χ0n) is 9.15. The quantitative estimate of drug-likeness (QED) is 0.806. The van der Waals surface area contributed by atoms with Crippen molar-refractivity contribution in [2.75, 3.05) is 7.11 Å². The van der Waals surface area contributed by atoms with E-state index in [1.807, 2.05) is 6.20 Å². The molecule has 1 fully saturated rings. The second kappa shape index (κ2) is 4.62. The molecular formula is C12H18N2O. The molecule has 1 aromatic rings. The lowest BCUT2D eigenvalue weighted by molar-refractivity contribution is 0.380. The summed E-state index contributed by atoms with van der Waals surface area (Å²) in [7, 11) is 1.67. The maximum absolute atomic E-state index is 6.13. The van der Waals surface area contributed by atoms with Crippen LogP contribution in [0.25, 0.3) is 0 Å². The van der Waals surface area contributed by atoms with Crippen molar-refractivity contribution >= 4 is 0 Å². The molecule has 2 rings (SSSR count). The van der Waals surface area contributed by atoms with E-state index in [0.29, 0.717) is 5.92 Å². The summed E-state index contributed by atoms with van der Waals surface area (Å²) in [5.74, 6) is 1.28. The molecule has 1 aliphatic carbocycles. The SMILES string of the molecule is COc1cncc(C2CCCCC2N)c1. The maximum atomic E-state index is 6.13. The number of rotatable bonds is 2. The van der Waals surface area contributed by atoms with Crippen molar-refractivity contribution in [1.82, 2.24) is 4.98 Å². The van der Waals surface area contributed by atoms with Gasteiger partial charge in [-0.2, -0.15) is 0 Å². The van der Waals surface area contributed by atoms with Crippen LogP contribution in [0.3, 0.4) is 0 Å². The summed E-state index contributed by atoms with van der Waals surface area (Å²) in [5.41, 5.74) is 7.36. The summed E-state index contributed by atoms with van der Waals surface area (Å²) in [6.07, 6.45) is 8.48. The molecule has 82 valence electrons. The average molecular weight is 206 g/mol. The fraction of sp³-hybridized carbons (Fsp3) is 0.583. The second-order valence-corrected chi connectivity index (χ2v) is 4.21. The van der Waals surface area contributed by atoms with Gasteiger partial charge in [0.15, 0.2) is 0 Å². The minimum absolute atomic E-state index is 0.285. The van der Waals surface area contributed by atoms with Crippen molar-refractivity contribution in [2.24, 2.45) is 5.73 Å². The molecule has 0 amide bonds. The Morgan fingerprint density at radius 2 is 2.13 bits per heavy atom. The van der Waals surface area contributed by atoms with Crippen molar-refractivity contribution < 1.29 is 4.74 Å². The van der Waals surface area contributed by atoms with Crippen LogP contribution in [0.15, 0.2) is 18.5 Å². The summed E-state index contributed by atoms with van der Waals surface area (Å²) >= 11 is 0. The van der Waals surface area contributed by atoms with Gasteiger partial charge in [-0.3, -0.25) is 4.98 Å². The van der Waals surface area contributed by atoms with E-state index in [1.165, 1.54) is 24.8 Å². The monoisotopic (exact) mass is 206 g/mol. The highest BCUT2D eigenvalue weighted by Crippen LogP contribution is 2.32. The average Bonchev–Trinajstić information content (AvgIpc) is 2.30. The lowest BCUT2D eigenvalue weighted by Gasteiger charge is -2.28. The van der Waals surface area contributed by atoms with E-state index in [9.17, 15) is 0 Å². The summed E-state index contributed by atoms with van der Waals surface area (Å²) < 4.78 is 5.18. The van der Waals surface area contributed by atoms with E-state index in [-0.39, 0.29) is 6.04 Å². The maximum Gasteiger partial charge on any atom is 0.137 e. The zero-order valence-corrected chi connectivity index (χ0v) is 9.15. The van der Waals surface area contributed by atoms with Crippen LogP contribution >= 0.6 is 0 Å². The first-order valence-corrected chi connectivity index (χ1v) is 5.56. The van der Waals surface area contributed by atoms with Gasteiger partial charge in [-0.25, -0.2) is 0 Å². The number of hydrogen-bond acceptors (Lipinski definition) is 3. The highest BCUT2D eigenvalue weighted by molar-refractivity contribution is 5.27. The third kappa shape index (κ3) is 2.29. The van der Waals surface area contributed by atoms with E-state index < -0.39 is 0 Å².